The monoisotopic (exact) mass is 194 g/mol. The maximum absolute atomic E-state index is 11.8. The molecule has 3 nitrogen and oxygen atoms in total. The molecule has 0 fully saturated rings. The summed E-state index contributed by atoms with van der Waals surface area (Å²) in [5, 5.41) is 0. The van der Waals surface area contributed by atoms with E-state index in [1.54, 1.807) is 4.57 Å². The van der Waals surface area contributed by atoms with Crippen LogP contribution in [-0.2, 0) is 13.1 Å². The third kappa shape index (κ3) is 2.23. The maximum atomic E-state index is 11.8. The van der Waals surface area contributed by atoms with Crippen molar-refractivity contribution in [2.24, 2.45) is 11.7 Å². The van der Waals surface area contributed by atoms with Gasteiger partial charge in [-0.2, -0.15) is 0 Å². The second-order valence-corrected chi connectivity index (χ2v) is 4.01. The van der Waals surface area contributed by atoms with Crippen molar-refractivity contribution in [2.75, 3.05) is 0 Å². The van der Waals surface area contributed by atoms with Gasteiger partial charge in [-0.15, -0.1) is 0 Å². The molecule has 2 N–H and O–H groups in total. The quantitative estimate of drug-likeness (QED) is 0.787. The molecular formula is C11H18N2O. The first-order valence-electron chi connectivity index (χ1n) is 4.95. The summed E-state index contributed by atoms with van der Waals surface area (Å²) in [6.45, 7) is 7.22. The Morgan fingerprint density at radius 2 is 2.07 bits per heavy atom. The molecule has 0 aliphatic carbocycles. The third-order valence-electron chi connectivity index (χ3n) is 2.24. The molecule has 1 aromatic heterocycles. The Balaban J connectivity index is 3.19. The Morgan fingerprint density at radius 1 is 1.43 bits per heavy atom. The van der Waals surface area contributed by atoms with Gasteiger partial charge in [0.2, 0.25) is 0 Å². The Hall–Kier alpha value is -1.09. The summed E-state index contributed by atoms with van der Waals surface area (Å²) in [6.07, 6.45) is 0. The van der Waals surface area contributed by atoms with Gasteiger partial charge in [-0.05, 0) is 18.9 Å². The van der Waals surface area contributed by atoms with E-state index in [1.165, 1.54) is 0 Å². The van der Waals surface area contributed by atoms with Crippen molar-refractivity contribution in [3.63, 3.8) is 0 Å². The summed E-state index contributed by atoms with van der Waals surface area (Å²) in [4.78, 5) is 11.8. The highest BCUT2D eigenvalue weighted by Crippen LogP contribution is 2.02. The molecule has 1 heterocycles. The standard InChI is InChI=1S/C11H18N2O/c1-8(2)7-13-9(3)4-5-10(6-12)11(13)14/h4-5,8H,6-7,12H2,1-3H3. The van der Waals surface area contributed by atoms with Crippen LogP contribution in [0.25, 0.3) is 0 Å². The van der Waals surface area contributed by atoms with Gasteiger partial charge in [0.15, 0.2) is 0 Å². The fraction of sp³-hybridized carbons (Fsp3) is 0.545. The number of nitrogens with zero attached hydrogens (tertiary/aromatic N) is 1. The highest BCUT2D eigenvalue weighted by molar-refractivity contribution is 5.15. The van der Waals surface area contributed by atoms with E-state index in [4.69, 9.17) is 5.73 Å². The fourth-order valence-electron chi connectivity index (χ4n) is 1.46. The highest BCUT2D eigenvalue weighted by atomic mass is 16.1. The molecule has 0 radical (unpaired) electrons. The Labute approximate surface area is 84.6 Å². The van der Waals surface area contributed by atoms with Crippen LogP contribution in [0.5, 0.6) is 0 Å². The first-order chi connectivity index (χ1) is 6.56. The van der Waals surface area contributed by atoms with Crippen molar-refractivity contribution >= 4 is 0 Å². The minimum atomic E-state index is 0.0567. The number of aromatic nitrogens is 1. The SMILES string of the molecule is Cc1ccc(CN)c(=O)n1CC(C)C. The van der Waals surface area contributed by atoms with Gasteiger partial charge in [0.25, 0.3) is 5.56 Å². The van der Waals surface area contributed by atoms with E-state index in [-0.39, 0.29) is 5.56 Å². The lowest BCUT2D eigenvalue weighted by Crippen LogP contribution is -2.28. The molecule has 0 aromatic carbocycles. The molecule has 1 aromatic rings. The molecule has 0 saturated heterocycles. The molecule has 0 aliphatic heterocycles. The second-order valence-electron chi connectivity index (χ2n) is 4.01. The van der Waals surface area contributed by atoms with Crippen LogP contribution < -0.4 is 11.3 Å². The summed E-state index contributed by atoms with van der Waals surface area (Å²) in [5.74, 6) is 0.472. The fourth-order valence-corrected chi connectivity index (χ4v) is 1.46. The van der Waals surface area contributed by atoms with Crippen LogP contribution in [0.15, 0.2) is 16.9 Å². The van der Waals surface area contributed by atoms with E-state index in [0.717, 1.165) is 12.2 Å². The van der Waals surface area contributed by atoms with Crippen LogP contribution >= 0.6 is 0 Å². The molecule has 14 heavy (non-hydrogen) atoms. The maximum Gasteiger partial charge on any atom is 0.255 e. The summed E-state index contributed by atoms with van der Waals surface area (Å²) in [6, 6.07) is 3.76. The predicted octanol–water partition coefficient (Wildman–Crippen LogP) is 1.27. The Bertz CT molecular complexity index is 366. The molecule has 1 rings (SSSR count). The number of pyridine rings is 1. The average Bonchev–Trinajstić information content (AvgIpc) is 2.12. The number of hydrogen-bond donors (Lipinski definition) is 1. The molecule has 3 heteroatoms. The topological polar surface area (TPSA) is 48.0 Å². The average molecular weight is 194 g/mol. The first-order valence-corrected chi connectivity index (χ1v) is 4.95. The lowest BCUT2D eigenvalue weighted by molar-refractivity contribution is 0.499. The van der Waals surface area contributed by atoms with Crippen LogP contribution in [0.4, 0.5) is 0 Å². The van der Waals surface area contributed by atoms with Gasteiger partial charge in [0.05, 0.1) is 0 Å². The molecule has 0 unspecified atom stereocenters. The minimum absolute atomic E-state index is 0.0567. The Kier molecular flexibility index (Phi) is 3.47. The van der Waals surface area contributed by atoms with Crippen LogP contribution in [0, 0.1) is 12.8 Å². The number of hydrogen-bond acceptors (Lipinski definition) is 2. The van der Waals surface area contributed by atoms with Crippen molar-refractivity contribution in [3.05, 3.63) is 33.7 Å². The second kappa shape index (κ2) is 4.42. The van der Waals surface area contributed by atoms with E-state index < -0.39 is 0 Å². The van der Waals surface area contributed by atoms with Gasteiger partial charge < -0.3 is 10.3 Å². The van der Waals surface area contributed by atoms with E-state index in [2.05, 4.69) is 13.8 Å². The molecular weight excluding hydrogens is 176 g/mol. The zero-order chi connectivity index (χ0) is 10.7. The summed E-state index contributed by atoms with van der Waals surface area (Å²) in [7, 11) is 0. The third-order valence-corrected chi connectivity index (χ3v) is 2.24. The van der Waals surface area contributed by atoms with E-state index >= 15 is 0 Å². The molecule has 0 atom stereocenters. The zero-order valence-electron chi connectivity index (χ0n) is 9.08. The lowest BCUT2D eigenvalue weighted by Gasteiger charge is -2.13. The smallest absolute Gasteiger partial charge is 0.255 e. The summed E-state index contributed by atoms with van der Waals surface area (Å²) < 4.78 is 1.80. The minimum Gasteiger partial charge on any atom is -0.326 e. The van der Waals surface area contributed by atoms with E-state index in [0.29, 0.717) is 18.0 Å². The molecule has 0 aliphatic rings. The largest absolute Gasteiger partial charge is 0.326 e. The molecule has 0 bridgehead atoms. The van der Waals surface area contributed by atoms with Crippen LogP contribution in [0.2, 0.25) is 0 Å². The first kappa shape index (κ1) is 11.0. The van der Waals surface area contributed by atoms with Crippen molar-refractivity contribution in [1.82, 2.24) is 4.57 Å². The number of aryl methyl sites for hydroxylation is 1. The van der Waals surface area contributed by atoms with E-state index in [1.807, 2.05) is 19.1 Å². The van der Waals surface area contributed by atoms with E-state index in [9.17, 15) is 4.79 Å². The highest BCUT2D eigenvalue weighted by Gasteiger charge is 2.06. The van der Waals surface area contributed by atoms with Gasteiger partial charge in [-0.1, -0.05) is 19.9 Å². The normalized spacial score (nSPS) is 10.9. The zero-order valence-corrected chi connectivity index (χ0v) is 9.08. The van der Waals surface area contributed by atoms with Crippen molar-refractivity contribution < 1.29 is 0 Å². The van der Waals surface area contributed by atoms with Crippen LogP contribution in [0.1, 0.15) is 25.1 Å². The molecule has 0 spiro atoms. The van der Waals surface area contributed by atoms with Gasteiger partial charge in [0.1, 0.15) is 0 Å². The molecule has 78 valence electrons. The van der Waals surface area contributed by atoms with Gasteiger partial charge in [0, 0.05) is 24.3 Å². The number of nitrogens with two attached hydrogens (primary N) is 1. The van der Waals surface area contributed by atoms with Gasteiger partial charge in [-0.25, -0.2) is 0 Å². The van der Waals surface area contributed by atoms with Crippen LogP contribution in [-0.4, -0.2) is 4.57 Å². The Morgan fingerprint density at radius 3 is 2.57 bits per heavy atom. The summed E-state index contributed by atoms with van der Waals surface area (Å²) in [5.41, 5.74) is 7.24. The van der Waals surface area contributed by atoms with Crippen molar-refractivity contribution in [3.8, 4) is 0 Å². The van der Waals surface area contributed by atoms with Crippen molar-refractivity contribution in [2.45, 2.75) is 33.9 Å². The molecule has 0 amide bonds. The lowest BCUT2D eigenvalue weighted by atomic mass is 10.2. The van der Waals surface area contributed by atoms with Gasteiger partial charge in [-0.3, -0.25) is 4.79 Å². The molecule has 0 saturated carbocycles. The van der Waals surface area contributed by atoms with Crippen molar-refractivity contribution in [1.29, 1.82) is 0 Å². The predicted molar refractivity (Wildman–Crippen MR) is 58.2 cm³/mol. The van der Waals surface area contributed by atoms with Crippen LogP contribution in [0.3, 0.4) is 0 Å². The van der Waals surface area contributed by atoms with Gasteiger partial charge >= 0.3 is 0 Å². The summed E-state index contributed by atoms with van der Waals surface area (Å²) >= 11 is 0. The number of rotatable bonds is 3.